The van der Waals surface area contributed by atoms with Gasteiger partial charge < -0.3 is 5.32 Å². The molecule has 0 radical (unpaired) electrons. The van der Waals surface area contributed by atoms with E-state index in [9.17, 15) is 4.79 Å². The number of amides is 1. The van der Waals surface area contributed by atoms with Crippen molar-refractivity contribution in [3.8, 4) is 0 Å². The van der Waals surface area contributed by atoms with Gasteiger partial charge in [0.2, 0.25) is 0 Å². The Hall–Kier alpha value is -2.04. The predicted octanol–water partition coefficient (Wildman–Crippen LogP) is 4.54. The Balaban J connectivity index is 1.87. The van der Waals surface area contributed by atoms with Crippen LogP contribution in [0.15, 0.2) is 58.4 Å². The highest BCUT2D eigenvalue weighted by Crippen LogP contribution is 2.30. The normalized spacial score (nSPS) is 18.0. The molecule has 1 N–H and O–H groups in total. The number of thioether (sulfide) groups is 1. The molecule has 22 heavy (non-hydrogen) atoms. The van der Waals surface area contributed by atoms with E-state index in [1.54, 1.807) is 0 Å². The van der Waals surface area contributed by atoms with Gasteiger partial charge >= 0.3 is 0 Å². The van der Waals surface area contributed by atoms with Crippen LogP contribution in [0.25, 0.3) is 6.08 Å². The van der Waals surface area contributed by atoms with Crippen molar-refractivity contribution < 1.29 is 4.79 Å². The van der Waals surface area contributed by atoms with Crippen LogP contribution in [0, 0.1) is 6.92 Å². The molecule has 1 heterocycles. The van der Waals surface area contributed by atoms with E-state index in [4.69, 9.17) is 11.6 Å². The molecule has 5 heteroatoms. The fourth-order valence-corrected chi connectivity index (χ4v) is 3.01. The molecule has 0 saturated carbocycles. The first-order valence-corrected chi connectivity index (χ1v) is 7.93. The Bertz CT molecular complexity index is 785. The standard InChI is InChI=1S/C17H13ClN2OS/c1-11-13(18)8-5-9-14(11)19-17-20-16(21)15(22-17)10-12-6-3-2-4-7-12/h2-10H,1H3,(H,19,20,21)/b15-10+. The maximum absolute atomic E-state index is 12.0. The minimum Gasteiger partial charge on any atom is -0.300 e. The molecule has 110 valence electrons. The van der Waals surface area contributed by atoms with Crippen LogP contribution in [0.5, 0.6) is 0 Å². The molecule has 3 rings (SSSR count). The summed E-state index contributed by atoms with van der Waals surface area (Å²) in [5.41, 5.74) is 2.64. The van der Waals surface area contributed by atoms with Crippen molar-refractivity contribution in [1.29, 1.82) is 0 Å². The van der Waals surface area contributed by atoms with E-state index in [0.29, 0.717) is 15.1 Å². The average Bonchev–Trinajstić information content (AvgIpc) is 2.85. The summed E-state index contributed by atoms with van der Waals surface area (Å²) >= 11 is 7.42. The third-order valence-electron chi connectivity index (χ3n) is 3.21. The van der Waals surface area contributed by atoms with E-state index in [1.165, 1.54) is 11.8 Å². The fourth-order valence-electron chi connectivity index (χ4n) is 2.01. The van der Waals surface area contributed by atoms with Gasteiger partial charge in [-0.2, -0.15) is 0 Å². The van der Waals surface area contributed by atoms with Gasteiger partial charge in [-0.3, -0.25) is 4.79 Å². The molecular formula is C17H13ClN2OS. The summed E-state index contributed by atoms with van der Waals surface area (Å²) in [7, 11) is 0. The Morgan fingerprint density at radius 3 is 2.68 bits per heavy atom. The van der Waals surface area contributed by atoms with Gasteiger partial charge in [0.1, 0.15) is 0 Å². The molecule has 0 aromatic heterocycles. The van der Waals surface area contributed by atoms with Crippen molar-refractivity contribution in [2.75, 3.05) is 0 Å². The van der Waals surface area contributed by atoms with Crippen molar-refractivity contribution in [2.45, 2.75) is 6.92 Å². The summed E-state index contributed by atoms with van der Waals surface area (Å²) in [6.07, 6.45) is 1.85. The molecule has 1 amide bonds. The third kappa shape index (κ3) is 3.24. The van der Waals surface area contributed by atoms with Gasteiger partial charge in [-0.05, 0) is 48.0 Å². The number of rotatable bonds is 2. The molecular weight excluding hydrogens is 316 g/mol. The van der Waals surface area contributed by atoms with Gasteiger partial charge in [0.25, 0.3) is 5.91 Å². The summed E-state index contributed by atoms with van der Waals surface area (Å²) in [5.74, 6) is -0.132. The molecule has 1 aliphatic heterocycles. The molecule has 0 bridgehead atoms. The smallest absolute Gasteiger partial charge is 0.264 e. The van der Waals surface area contributed by atoms with E-state index >= 15 is 0 Å². The molecule has 2 aromatic carbocycles. The first-order valence-electron chi connectivity index (χ1n) is 6.73. The minimum absolute atomic E-state index is 0.132. The maximum atomic E-state index is 12.0. The minimum atomic E-state index is -0.132. The van der Waals surface area contributed by atoms with Crippen LogP contribution in [0.2, 0.25) is 5.02 Å². The number of hydrogen-bond acceptors (Lipinski definition) is 3. The lowest BCUT2D eigenvalue weighted by Crippen LogP contribution is -2.19. The Morgan fingerprint density at radius 2 is 1.91 bits per heavy atom. The van der Waals surface area contributed by atoms with Crippen LogP contribution in [0.1, 0.15) is 11.1 Å². The summed E-state index contributed by atoms with van der Waals surface area (Å²) in [6, 6.07) is 15.3. The van der Waals surface area contributed by atoms with Crippen LogP contribution in [0.3, 0.4) is 0 Å². The lowest BCUT2D eigenvalue weighted by atomic mass is 10.2. The highest BCUT2D eigenvalue weighted by molar-refractivity contribution is 8.18. The molecule has 1 saturated heterocycles. The van der Waals surface area contributed by atoms with Gasteiger partial charge in [-0.25, -0.2) is 4.99 Å². The predicted molar refractivity (Wildman–Crippen MR) is 93.4 cm³/mol. The van der Waals surface area contributed by atoms with Gasteiger partial charge in [0, 0.05) is 5.02 Å². The molecule has 0 atom stereocenters. The first-order chi connectivity index (χ1) is 10.6. The zero-order valence-electron chi connectivity index (χ0n) is 11.8. The number of nitrogens with zero attached hydrogens (tertiary/aromatic N) is 1. The monoisotopic (exact) mass is 328 g/mol. The van der Waals surface area contributed by atoms with E-state index in [1.807, 2.05) is 61.5 Å². The third-order valence-corrected chi connectivity index (χ3v) is 4.53. The molecule has 0 unspecified atom stereocenters. The van der Waals surface area contributed by atoms with Gasteiger partial charge in [-0.15, -0.1) is 0 Å². The highest BCUT2D eigenvalue weighted by atomic mass is 35.5. The van der Waals surface area contributed by atoms with Gasteiger partial charge in [0.15, 0.2) is 5.17 Å². The van der Waals surface area contributed by atoms with E-state index in [0.717, 1.165) is 16.8 Å². The van der Waals surface area contributed by atoms with Gasteiger partial charge in [0.05, 0.1) is 10.6 Å². The molecule has 2 aromatic rings. The lowest BCUT2D eigenvalue weighted by molar-refractivity contribution is -0.115. The quantitative estimate of drug-likeness (QED) is 0.822. The zero-order chi connectivity index (χ0) is 15.5. The van der Waals surface area contributed by atoms with Crippen LogP contribution in [-0.4, -0.2) is 11.1 Å². The second kappa shape index (κ2) is 6.38. The van der Waals surface area contributed by atoms with E-state index in [2.05, 4.69) is 10.3 Å². The second-order valence-electron chi connectivity index (χ2n) is 4.78. The highest BCUT2D eigenvalue weighted by Gasteiger charge is 2.23. The van der Waals surface area contributed by atoms with Crippen molar-refractivity contribution in [2.24, 2.45) is 4.99 Å². The van der Waals surface area contributed by atoms with Crippen molar-refractivity contribution in [1.82, 2.24) is 5.32 Å². The Labute approximate surface area is 138 Å². The Morgan fingerprint density at radius 1 is 1.14 bits per heavy atom. The number of carbonyl (C=O) groups excluding carboxylic acids is 1. The number of nitrogens with one attached hydrogen (secondary N) is 1. The number of aliphatic imine (C=N–C) groups is 1. The van der Waals surface area contributed by atoms with E-state index < -0.39 is 0 Å². The van der Waals surface area contributed by atoms with Crippen molar-refractivity contribution in [3.05, 3.63) is 69.6 Å². The molecule has 0 aliphatic carbocycles. The summed E-state index contributed by atoms with van der Waals surface area (Å²) in [6.45, 7) is 1.91. The van der Waals surface area contributed by atoms with E-state index in [-0.39, 0.29) is 5.91 Å². The first kappa shape index (κ1) is 14.9. The number of hydrogen-bond donors (Lipinski definition) is 1. The molecule has 1 aliphatic rings. The molecule has 1 fully saturated rings. The average molecular weight is 329 g/mol. The topological polar surface area (TPSA) is 41.5 Å². The maximum Gasteiger partial charge on any atom is 0.264 e. The summed E-state index contributed by atoms with van der Waals surface area (Å²) < 4.78 is 0. The van der Waals surface area contributed by atoms with Crippen molar-refractivity contribution >= 4 is 46.2 Å². The van der Waals surface area contributed by atoms with Crippen molar-refractivity contribution in [3.63, 3.8) is 0 Å². The second-order valence-corrected chi connectivity index (χ2v) is 6.21. The van der Waals surface area contributed by atoms with Crippen LogP contribution in [-0.2, 0) is 4.79 Å². The SMILES string of the molecule is Cc1c(Cl)cccc1N=C1NC(=O)/C(=C\c2ccccc2)S1. The lowest BCUT2D eigenvalue weighted by Gasteiger charge is -2.02. The fraction of sp³-hybridized carbons (Fsp3) is 0.0588. The molecule has 0 spiro atoms. The zero-order valence-corrected chi connectivity index (χ0v) is 13.4. The van der Waals surface area contributed by atoms with Crippen LogP contribution >= 0.6 is 23.4 Å². The number of benzene rings is 2. The number of halogens is 1. The number of amidine groups is 1. The largest absolute Gasteiger partial charge is 0.300 e. The van der Waals surface area contributed by atoms with Gasteiger partial charge in [-0.1, -0.05) is 48.0 Å². The van der Waals surface area contributed by atoms with Crippen LogP contribution < -0.4 is 5.32 Å². The van der Waals surface area contributed by atoms with Crippen LogP contribution in [0.4, 0.5) is 5.69 Å². The molecule has 3 nitrogen and oxygen atoms in total. The number of carbonyl (C=O) groups is 1. The summed E-state index contributed by atoms with van der Waals surface area (Å²) in [4.78, 5) is 17.1. The Kier molecular flexibility index (Phi) is 4.32. The summed E-state index contributed by atoms with van der Waals surface area (Å²) in [5, 5.41) is 4.01.